The Labute approximate surface area is 113 Å². The molecular weight excluding hydrogens is 240 g/mol. The third kappa shape index (κ3) is 2.80. The number of fused-ring (bicyclic) bond motifs is 1. The van der Waals surface area contributed by atoms with Crippen LogP contribution < -0.4 is 5.32 Å². The van der Waals surface area contributed by atoms with Crippen LogP contribution in [0.25, 0.3) is 0 Å². The molecule has 1 N–H and O–H groups in total. The molecule has 2 heterocycles. The zero-order valence-corrected chi connectivity index (χ0v) is 11.4. The van der Waals surface area contributed by atoms with E-state index in [1.807, 2.05) is 0 Å². The highest BCUT2D eigenvalue weighted by atomic mass is 16.1. The van der Waals surface area contributed by atoms with E-state index in [0.29, 0.717) is 6.54 Å². The lowest BCUT2D eigenvalue weighted by Crippen LogP contribution is -2.35. The Balaban J connectivity index is 1.52. The lowest BCUT2D eigenvalue weighted by molar-refractivity contribution is -0.127. The molecule has 1 aromatic rings. The molecule has 0 saturated heterocycles. The minimum atomic E-state index is 0.224. The monoisotopic (exact) mass is 262 g/mol. The molecule has 0 aromatic carbocycles. The summed E-state index contributed by atoms with van der Waals surface area (Å²) in [5.41, 5.74) is 0. The standard InChI is InChI=1S/C14H22N4O/c19-14(11-5-4-6-11)15-9-8-13-17-16-12-7-2-1-3-10-18(12)13/h11H,1-10H2,(H,15,19). The van der Waals surface area contributed by atoms with Crippen LogP contribution in [0.5, 0.6) is 0 Å². The Bertz CT molecular complexity index is 450. The van der Waals surface area contributed by atoms with Crippen molar-refractivity contribution in [3.63, 3.8) is 0 Å². The summed E-state index contributed by atoms with van der Waals surface area (Å²) in [4.78, 5) is 11.7. The Hall–Kier alpha value is -1.39. The molecule has 1 fully saturated rings. The number of aryl methyl sites for hydroxylation is 1. The summed E-state index contributed by atoms with van der Waals surface area (Å²) in [5.74, 6) is 2.65. The molecule has 5 nitrogen and oxygen atoms in total. The highest BCUT2D eigenvalue weighted by Gasteiger charge is 2.24. The van der Waals surface area contributed by atoms with Crippen LogP contribution in [0, 0.1) is 5.92 Å². The second-order valence-corrected chi connectivity index (χ2v) is 5.66. The Morgan fingerprint density at radius 3 is 2.89 bits per heavy atom. The smallest absolute Gasteiger partial charge is 0.223 e. The summed E-state index contributed by atoms with van der Waals surface area (Å²) in [5, 5.41) is 11.6. The average molecular weight is 262 g/mol. The number of nitrogens with zero attached hydrogens (tertiary/aromatic N) is 3. The van der Waals surface area contributed by atoms with Gasteiger partial charge in [-0.1, -0.05) is 12.8 Å². The van der Waals surface area contributed by atoms with Gasteiger partial charge in [0, 0.05) is 31.8 Å². The molecule has 0 spiro atoms. The van der Waals surface area contributed by atoms with Gasteiger partial charge in [-0.2, -0.15) is 0 Å². The van der Waals surface area contributed by atoms with E-state index in [2.05, 4.69) is 20.1 Å². The summed E-state index contributed by atoms with van der Waals surface area (Å²) in [6.45, 7) is 1.72. The van der Waals surface area contributed by atoms with Gasteiger partial charge in [-0.25, -0.2) is 0 Å². The summed E-state index contributed by atoms with van der Waals surface area (Å²) in [6, 6.07) is 0. The van der Waals surface area contributed by atoms with Crippen LogP contribution >= 0.6 is 0 Å². The number of rotatable bonds is 4. The number of carbonyl (C=O) groups is 1. The van der Waals surface area contributed by atoms with Crippen LogP contribution in [0.3, 0.4) is 0 Å². The fourth-order valence-corrected chi connectivity index (χ4v) is 2.84. The van der Waals surface area contributed by atoms with Crippen molar-refractivity contribution in [1.29, 1.82) is 0 Å². The lowest BCUT2D eigenvalue weighted by atomic mass is 9.85. The molecule has 1 amide bonds. The molecule has 1 aliphatic carbocycles. The first-order valence-electron chi connectivity index (χ1n) is 7.53. The van der Waals surface area contributed by atoms with E-state index < -0.39 is 0 Å². The zero-order chi connectivity index (χ0) is 13.1. The van der Waals surface area contributed by atoms with Crippen LogP contribution in [0.2, 0.25) is 0 Å². The van der Waals surface area contributed by atoms with Crippen molar-refractivity contribution < 1.29 is 4.79 Å². The van der Waals surface area contributed by atoms with Crippen molar-refractivity contribution in [3.8, 4) is 0 Å². The van der Waals surface area contributed by atoms with E-state index in [9.17, 15) is 4.79 Å². The first kappa shape index (κ1) is 12.6. The third-order valence-corrected chi connectivity index (χ3v) is 4.31. The molecule has 19 heavy (non-hydrogen) atoms. The number of hydrogen-bond donors (Lipinski definition) is 1. The van der Waals surface area contributed by atoms with Crippen molar-refractivity contribution in [1.82, 2.24) is 20.1 Å². The van der Waals surface area contributed by atoms with Crippen LogP contribution in [-0.4, -0.2) is 27.2 Å². The average Bonchev–Trinajstić information content (AvgIpc) is 2.57. The van der Waals surface area contributed by atoms with Gasteiger partial charge in [0.05, 0.1) is 0 Å². The summed E-state index contributed by atoms with van der Waals surface area (Å²) < 4.78 is 2.25. The van der Waals surface area contributed by atoms with Crippen LogP contribution in [0.1, 0.15) is 50.2 Å². The second kappa shape index (κ2) is 5.72. The first-order chi connectivity index (χ1) is 9.34. The van der Waals surface area contributed by atoms with Crippen LogP contribution in [-0.2, 0) is 24.2 Å². The molecular formula is C14H22N4O. The van der Waals surface area contributed by atoms with Crippen molar-refractivity contribution in [2.75, 3.05) is 6.54 Å². The molecule has 1 aromatic heterocycles. The first-order valence-corrected chi connectivity index (χ1v) is 7.53. The molecule has 0 atom stereocenters. The predicted molar refractivity (Wildman–Crippen MR) is 71.6 cm³/mol. The highest BCUT2D eigenvalue weighted by molar-refractivity contribution is 5.79. The number of nitrogens with one attached hydrogen (secondary N) is 1. The fraction of sp³-hybridized carbons (Fsp3) is 0.786. The largest absolute Gasteiger partial charge is 0.355 e. The van der Waals surface area contributed by atoms with Gasteiger partial charge >= 0.3 is 0 Å². The Kier molecular flexibility index (Phi) is 3.80. The minimum absolute atomic E-state index is 0.224. The van der Waals surface area contributed by atoms with Gasteiger partial charge in [-0.05, 0) is 25.7 Å². The maximum absolute atomic E-state index is 11.7. The van der Waals surface area contributed by atoms with Crippen molar-refractivity contribution in [3.05, 3.63) is 11.6 Å². The lowest BCUT2D eigenvalue weighted by Gasteiger charge is -2.23. The normalized spacial score (nSPS) is 19.4. The molecule has 0 radical (unpaired) electrons. The summed E-state index contributed by atoms with van der Waals surface area (Å²) in [7, 11) is 0. The van der Waals surface area contributed by atoms with E-state index in [-0.39, 0.29) is 11.8 Å². The van der Waals surface area contributed by atoms with E-state index in [0.717, 1.165) is 43.9 Å². The van der Waals surface area contributed by atoms with Gasteiger partial charge in [-0.3, -0.25) is 4.79 Å². The second-order valence-electron chi connectivity index (χ2n) is 5.66. The molecule has 1 saturated carbocycles. The van der Waals surface area contributed by atoms with Gasteiger partial charge in [0.2, 0.25) is 5.91 Å². The summed E-state index contributed by atoms with van der Waals surface area (Å²) >= 11 is 0. The van der Waals surface area contributed by atoms with Gasteiger partial charge < -0.3 is 9.88 Å². The number of carbonyl (C=O) groups excluding carboxylic acids is 1. The number of amides is 1. The van der Waals surface area contributed by atoms with E-state index >= 15 is 0 Å². The van der Waals surface area contributed by atoms with Gasteiger partial charge in [0.25, 0.3) is 0 Å². The molecule has 0 unspecified atom stereocenters. The molecule has 3 rings (SSSR count). The topological polar surface area (TPSA) is 59.8 Å². The zero-order valence-electron chi connectivity index (χ0n) is 11.4. The van der Waals surface area contributed by atoms with Crippen LogP contribution in [0.4, 0.5) is 0 Å². The maximum atomic E-state index is 11.7. The third-order valence-electron chi connectivity index (χ3n) is 4.31. The quantitative estimate of drug-likeness (QED) is 0.893. The molecule has 2 aliphatic rings. The molecule has 5 heteroatoms. The van der Waals surface area contributed by atoms with E-state index in [4.69, 9.17) is 0 Å². The van der Waals surface area contributed by atoms with Crippen molar-refractivity contribution >= 4 is 5.91 Å². The SMILES string of the molecule is O=C(NCCc1nnc2n1CCCCC2)C1CCC1. The number of aromatic nitrogens is 3. The fourth-order valence-electron chi connectivity index (χ4n) is 2.84. The Morgan fingerprint density at radius 1 is 1.21 bits per heavy atom. The van der Waals surface area contributed by atoms with E-state index in [1.165, 1.54) is 25.7 Å². The number of hydrogen-bond acceptors (Lipinski definition) is 3. The van der Waals surface area contributed by atoms with Crippen molar-refractivity contribution in [2.45, 2.75) is 57.9 Å². The van der Waals surface area contributed by atoms with Gasteiger partial charge in [0.15, 0.2) is 0 Å². The highest BCUT2D eigenvalue weighted by Crippen LogP contribution is 2.26. The molecule has 1 aliphatic heterocycles. The predicted octanol–water partition coefficient (Wildman–Crippen LogP) is 1.46. The Morgan fingerprint density at radius 2 is 2.11 bits per heavy atom. The van der Waals surface area contributed by atoms with Gasteiger partial charge in [-0.15, -0.1) is 10.2 Å². The van der Waals surface area contributed by atoms with Crippen molar-refractivity contribution in [2.24, 2.45) is 5.92 Å². The molecule has 0 bridgehead atoms. The van der Waals surface area contributed by atoms with Crippen LogP contribution in [0.15, 0.2) is 0 Å². The van der Waals surface area contributed by atoms with Gasteiger partial charge in [0.1, 0.15) is 11.6 Å². The molecule has 104 valence electrons. The van der Waals surface area contributed by atoms with E-state index in [1.54, 1.807) is 0 Å². The maximum Gasteiger partial charge on any atom is 0.223 e. The minimum Gasteiger partial charge on any atom is -0.355 e. The summed E-state index contributed by atoms with van der Waals surface area (Å²) in [6.07, 6.45) is 8.88.